The van der Waals surface area contributed by atoms with Crippen LogP contribution in [0, 0.1) is 34.0 Å². The molecule has 1 saturated heterocycles. The van der Waals surface area contributed by atoms with E-state index in [0.29, 0.717) is 12.8 Å². The lowest BCUT2D eigenvalue weighted by molar-refractivity contribution is -0.214. The number of fused-ring (bicyclic) bond motifs is 3. The average Bonchev–Trinajstić information content (AvgIpc) is 2.97. The second-order valence-corrected chi connectivity index (χ2v) is 10.1. The zero-order chi connectivity index (χ0) is 19.1. The zero-order valence-electron chi connectivity index (χ0n) is 16.6. The Labute approximate surface area is 155 Å². The number of aliphatic hydroxyl groups excluding tert-OH is 1. The molecule has 4 rings (SSSR count). The Kier molecular flexibility index (Phi) is 3.68. The molecule has 0 amide bonds. The highest BCUT2D eigenvalue weighted by molar-refractivity contribution is 5.83. The largest absolute Gasteiger partial charge is 0.469 e. The summed E-state index contributed by atoms with van der Waals surface area (Å²) in [5.74, 6) is -0.00415. The van der Waals surface area contributed by atoms with Crippen molar-refractivity contribution in [3.63, 3.8) is 0 Å². The maximum Gasteiger partial charge on any atom is 0.315 e. The summed E-state index contributed by atoms with van der Waals surface area (Å²) in [6.07, 6.45) is 4.19. The fourth-order valence-corrected chi connectivity index (χ4v) is 7.60. The summed E-state index contributed by atoms with van der Waals surface area (Å²) in [5, 5.41) is 11.3. The van der Waals surface area contributed by atoms with Crippen LogP contribution in [0.3, 0.4) is 0 Å². The number of methoxy groups -OCH3 is 1. The number of aliphatic hydroxyl groups is 1. The highest BCUT2D eigenvalue weighted by Gasteiger charge is 2.79. The topological polar surface area (TPSA) is 72.8 Å². The Morgan fingerprint density at radius 3 is 2.54 bits per heavy atom. The van der Waals surface area contributed by atoms with Crippen LogP contribution in [-0.4, -0.2) is 35.9 Å². The van der Waals surface area contributed by atoms with Gasteiger partial charge in [0.25, 0.3) is 0 Å². The molecule has 0 radical (unpaired) electrons. The van der Waals surface area contributed by atoms with Crippen LogP contribution in [0.4, 0.5) is 0 Å². The predicted octanol–water partition coefficient (Wildman–Crippen LogP) is 3.08. The van der Waals surface area contributed by atoms with Crippen molar-refractivity contribution in [1.82, 2.24) is 0 Å². The van der Waals surface area contributed by atoms with Gasteiger partial charge in [0.1, 0.15) is 17.1 Å². The van der Waals surface area contributed by atoms with Crippen molar-refractivity contribution in [1.29, 1.82) is 0 Å². The maximum absolute atomic E-state index is 12.7. The van der Waals surface area contributed by atoms with E-state index in [1.807, 2.05) is 20.8 Å². The van der Waals surface area contributed by atoms with E-state index in [0.717, 1.165) is 25.7 Å². The smallest absolute Gasteiger partial charge is 0.315 e. The molecule has 5 nitrogen and oxygen atoms in total. The molecule has 1 aliphatic heterocycles. The fraction of sp³-hybridized carbons (Fsp3) is 0.905. The first-order valence-corrected chi connectivity index (χ1v) is 10.1. The molecular formula is C21H32O5. The molecule has 146 valence electrons. The average molecular weight is 364 g/mol. The number of hydrogen-bond acceptors (Lipinski definition) is 5. The van der Waals surface area contributed by atoms with Crippen molar-refractivity contribution in [2.75, 3.05) is 7.11 Å². The second kappa shape index (κ2) is 5.24. The van der Waals surface area contributed by atoms with E-state index in [-0.39, 0.29) is 35.1 Å². The van der Waals surface area contributed by atoms with Gasteiger partial charge in [-0.1, -0.05) is 27.2 Å². The summed E-state index contributed by atoms with van der Waals surface area (Å²) >= 11 is 0. The van der Waals surface area contributed by atoms with Crippen LogP contribution in [0.1, 0.15) is 66.2 Å². The van der Waals surface area contributed by atoms with Gasteiger partial charge in [0.05, 0.1) is 12.5 Å². The first-order chi connectivity index (χ1) is 12.1. The lowest BCUT2D eigenvalue weighted by Crippen LogP contribution is -2.61. The first kappa shape index (κ1) is 18.3. The normalized spacial score (nSPS) is 52.4. The van der Waals surface area contributed by atoms with Gasteiger partial charge in [-0.2, -0.15) is 0 Å². The first-order valence-electron chi connectivity index (χ1n) is 10.1. The van der Waals surface area contributed by atoms with E-state index in [1.165, 1.54) is 7.11 Å². The molecule has 1 N–H and O–H groups in total. The van der Waals surface area contributed by atoms with Gasteiger partial charge < -0.3 is 14.6 Å². The van der Waals surface area contributed by atoms with Crippen molar-refractivity contribution < 1.29 is 24.2 Å². The Balaban J connectivity index is 1.79. The van der Waals surface area contributed by atoms with Gasteiger partial charge in [-0.05, 0) is 56.3 Å². The fourth-order valence-electron chi connectivity index (χ4n) is 7.60. The summed E-state index contributed by atoms with van der Waals surface area (Å²) in [7, 11) is 1.47. The molecule has 26 heavy (non-hydrogen) atoms. The van der Waals surface area contributed by atoms with E-state index in [4.69, 9.17) is 9.47 Å². The highest BCUT2D eigenvalue weighted by Crippen LogP contribution is 2.73. The lowest BCUT2D eigenvalue weighted by Gasteiger charge is -2.60. The zero-order valence-corrected chi connectivity index (χ0v) is 16.6. The SMILES string of the molecule is COC(=O)C1(C)CCCC2(C)C1CCC13OC(=O)C(C(C)C)(CC21)C3O. The van der Waals surface area contributed by atoms with Crippen molar-refractivity contribution in [2.24, 2.45) is 34.0 Å². The Morgan fingerprint density at radius 2 is 1.92 bits per heavy atom. The van der Waals surface area contributed by atoms with Crippen molar-refractivity contribution in [2.45, 2.75) is 77.9 Å². The standard InChI is InChI=1S/C21H32O5/c1-12(2)20-11-14-18(3)8-6-9-19(4,16(23)25-5)13(18)7-10-21(14,15(20)22)26-17(20)24/h12-15,22H,6-11H2,1-5H3. The van der Waals surface area contributed by atoms with E-state index in [1.54, 1.807) is 0 Å². The third-order valence-electron chi connectivity index (χ3n) is 9.02. The summed E-state index contributed by atoms with van der Waals surface area (Å²) in [6, 6.07) is 0. The van der Waals surface area contributed by atoms with E-state index in [2.05, 4.69) is 6.92 Å². The molecule has 5 heteroatoms. The third kappa shape index (κ3) is 1.76. The van der Waals surface area contributed by atoms with Crippen molar-refractivity contribution in [3.05, 3.63) is 0 Å². The van der Waals surface area contributed by atoms with Gasteiger partial charge in [0, 0.05) is 5.92 Å². The number of rotatable bonds is 2. The minimum atomic E-state index is -0.790. The van der Waals surface area contributed by atoms with Gasteiger partial charge in [-0.15, -0.1) is 0 Å². The number of carbonyl (C=O) groups is 2. The van der Waals surface area contributed by atoms with Crippen LogP contribution in [0.15, 0.2) is 0 Å². The molecular weight excluding hydrogens is 332 g/mol. The van der Waals surface area contributed by atoms with Gasteiger partial charge in [0.15, 0.2) is 0 Å². The number of esters is 2. The summed E-state index contributed by atoms with van der Waals surface area (Å²) in [6.45, 7) is 8.34. The Morgan fingerprint density at radius 1 is 1.23 bits per heavy atom. The number of hydrogen-bond donors (Lipinski definition) is 1. The van der Waals surface area contributed by atoms with E-state index < -0.39 is 22.5 Å². The highest BCUT2D eigenvalue weighted by atomic mass is 16.6. The lowest BCUT2D eigenvalue weighted by atomic mass is 9.45. The van der Waals surface area contributed by atoms with Gasteiger partial charge >= 0.3 is 11.9 Å². The minimum absolute atomic E-state index is 0.0348. The molecule has 4 aliphatic rings. The minimum Gasteiger partial charge on any atom is -0.469 e. The molecule has 1 heterocycles. The molecule has 1 spiro atoms. The molecule has 0 aromatic heterocycles. The van der Waals surface area contributed by atoms with Crippen LogP contribution < -0.4 is 0 Å². The van der Waals surface area contributed by atoms with Crippen LogP contribution in [-0.2, 0) is 19.1 Å². The third-order valence-corrected chi connectivity index (χ3v) is 9.02. The predicted molar refractivity (Wildman–Crippen MR) is 95.0 cm³/mol. The number of carbonyl (C=O) groups excluding carboxylic acids is 2. The van der Waals surface area contributed by atoms with E-state index >= 15 is 0 Å². The monoisotopic (exact) mass is 364 g/mol. The van der Waals surface area contributed by atoms with Crippen LogP contribution in [0.5, 0.6) is 0 Å². The van der Waals surface area contributed by atoms with Crippen LogP contribution in [0.2, 0.25) is 0 Å². The van der Waals surface area contributed by atoms with Crippen LogP contribution in [0.25, 0.3) is 0 Å². The Hall–Kier alpha value is -1.10. The Bertz CT molecular complexity index is 659. The maximum atomic E-state index is 12.7. The quantitative estimate of drug-likeness (QED) is 0.762. The van der Waals surface area contributed by atoms with Gasteiger partial charge in [-0.3, -0.25) is 9.59 Å². The molecule has 4 fully saturated rings. The van der Waals surface area contributed by atoms with Gasteiger partial charge in [-0.25, -0.2) is 0 Å². The van der Waals surface area contributed by atoms with Crippen molar-refractivity contribution >= 4 is 11.9 Å². The second-order valence-electron chi connectivity index (χ2n) is 10.1. The van der Waals surface area contributed by atoms with Crippen molar-refractivity contribution in [3.8, 4) is 0 Å². The molecule has 0 aromatic carbocycles. The molecule has 3 saturated carbocycles. The molecule has 0 aromatic rings. The molecule has 7 unspecified atom stereocenters. The molecule has 3 aliphatic carbocycles. The van der Waals surface area contributed by atoms with Crippen LogP contribution >= 0.6 is 0 Å². The molecule has 7 atom stereocenters. The molecule has 2 bridgehead atoms. The van der Waals surface area contributed by atoms with E-state index in [9.17, 15) is 14.7 Å². The summed E-state index contributed by atoms with van der Waals surface area (Å²) in [4.78, 5) is 25.4. The van der Waals surface area contributed by atoms with Gasteiger partial charge in [0.2, 0.25) is 0 Å². The summed E-state index contributed by atoms with van der Waals surface area (Å²) in [5.41, 5.74) is -2.18. The number of ether oxygens (including phenoxy) is 2. The summed E-state index contributed by atoms with van der Waals surface area (Å²) < 4.78 is 11.2.